The van der Waals surface area contributed by atoms with Crippen LogP contribution in [0.4, 0.5) is 11.4 Å². The number of nitrogens with zero attached hydrogens (tertiary/aromatic N) is 3. The van der Waals surface area contributed by atoms with E-state index in [0.717, 1.165) is 49.7 Å². The lowest BCUT2D eigenvalue weighted by Crippen LogP contribution is -2.56. The summed E-state index contributed by atoms with van der Waals surface area (Å²) < 4.78 is 5.54. The minimum atomic E-state index is -0.190. The van der Waals surface area contributed by atoms with E-state index in [9.17, 15) is 4.79 Å². The summed E-state index contributed by atoms with van der Waals surface area (Å²) in [5.74, 6) is 1.56. The van der Waals surface area contributed by atoms with Crippen LogP contribution in [0.1, 0.15) is 49.8 Å². The van der Waals surface area contributed by atoms with Gasteiger partial charge in [-0.3, -0.25) is 9.69 Å². The van der Waals surface area contributed by atoms with Crippen molar-refractivity contribution in [3.63, 3.8) is 0 Å². The molecule has 0 radical (unpaired) electrons. The van der Waals surface area contributed by atoms with E-state index in [-0.39, 0.29) is 11.4 Å². The average molecular weight is 436 g/mol. The number of hydrogen-bond donors (Lipinski definition) is 0. The predicted molar refractivity (Wildman–Crippen MR) is 132 cm³/mol. The highest BCUT2D eigenvalue weighted by Crippen LogP contribution is 2.44. The summed E-state index contributed by atoms with van der Waals surface area (Å²) in [6.45, 7) is 15.0. The van der Waals surface area contributed by atoms with Crippen molar-refractivity contribution >= 4 is 17.3 Å². The van der Waals surface area contributed by atoms with Crippen molar-refractivity contribution in [3.8, 4) is 5.75 Å². The van der Waals surface area contributed by atoms with Crippen molar-refractivity contribution in [1.82, 2.24) is 4.90 Å². The SMILES string of the molecule is COc1ccccc1N1CCN(CC(=O)N2c3cc(C)c(C)cc3[C@@H](C)CC2(C)C)CC1. The van der Waals surface area contributed by atoms with Crippen LogP contribution in [0.25, 0.3) is 0 Å². The molecule has 0 saturated carbocycles. The van der Waals surface area contributed by atoms with E-state index in [1.54, 1.807) is 7.11 Å². The maximum absolute atomic E-state index is 13.7. The number of piperazine rings is 1. The fourth-order valence-corrected chi connectivity index (χ4v) is 5.46. The minimum absolute atomic E-state index is 0.190. The van der Waals surface area contributed by atoms with Gasteiger partial charge in [0, 0.05) is 37.4 Å². The molecule has 2 aliphatic heterocycles. The zero-order valence-electron chi connectivity index (χ0n) is 20.4. The zero-order valence-corrected chi connectivity index (χ0v) is 20.4. The number of anilines is 2. The summed E-state index contributed by atoms with van der Waals surface area (Å²) in [6, 6.07) is 12.7. The van der Waals surface area contributed by atoms with Gasteiger partial charge in [-0.25, -0.2) is 0 Å². The maximum atomic E-state index is 13.7. The highest BCUT2D eigenvalue weighted by molar-refractivity contribution is 5.97. The second-order valence-corrected chi connectivity index (χ2v) is 10.1. The summed E-state index contributed by atoms with van der Waals surface area (Å²) in [5, 5.41) is 0. The van der Waals surface area contributed by atoms with E-state index in [2.05, 4.69) is 67.5 Å². The Hall–Kier alpha value is -2.53. The Bertz CT molecular complexity index is 992. The molecule has 0 bridgehead atoms. The van der Waals surface area contributed by atoms with E-state index in [4.69, 9.17) is 4.74 Å². The predicted octanol–water partition coefficient (Wildman–Crippen LogP) is 4.75. The molecule has 0 aliphatic carbocycles. The summed E-state index contributed by atoms with van der Waals surface area (Å²) in [5.41, 5.74) is 5.90. The number of ether oxygens (including phenoxy) is 1. The summed E-state index contributed by atoms with van der Waals surface area (Å²) >= 11 is 0. The van der Waals surface area contributed by atoms with Crippen LogP contribution in [0.5, 0.6) is 5.75 Å². The molecule has 5 nitrogen and oxygen atoms in total. The molecule has 32 heavy (non-hydrogen) atoms. The van der Waals surface area contributed by atoms with Gasteiger partial charge < -0.3 is 14.5 Å². The van der Waals surface area contributed by atoms with Crippen molar-refractivity contribution in [1.29, 1.82) is 0 Å². The molecule has 2 aromatic rings. The Kier molecular flexibility index (Phi) is 6.22. The van der Waals surface area contributed by atoms with Gasteiger partial charge in [-0.2, -0.15) is 0 Å². The average Bonchev–Trinajstić information content (AvgIpc) is 2.75. The third-order valence-electron chi connectivity index (χ3n) is 7.23. The Morgan fingerprint density at radius 3 is 2.38 bits per heavy atom. The number of hydrogen-bond acceptors (Lipinski definition) is 4. The number of para-hydroxylation sites is 2. The van der Waals surface area contributed by atoms with Gasteiger partial charge in [-0.15, -0.1) is 0 Å². The molecule has 1 fully saturated rings. The second kappa shape index (κ2) is 8.78. The molecule has 2 heterocycles. The van der Waals surface area contributed by atoms with Crippen LogP contribution in [0.2, 0.25) is 0 Å². The summed E-state index contributed by atoms with van der Waals surface area (Å²) in [7, 11) is 1.72. The molecule has 1 saturated heterocycles. The lowest BCUT2D eigenvalue weighted by molar-refractivity contribution is -0.121. The number of fused-ring (bicyclic) bond motifs is 1. The molecule has 1 atom stereocenters. The van der Waals surface area contributed by atoms with E-state index in [1.165, 1.54) is 16.7 Å². The normalized spacial score (nSPS) is 20.8. The Morgan fingerprint density at radius 1 is 1.03 bits per heavy atom. The lowest BCUT2D eigenvalue weighted by Gasteiger charge is -2.47. The van der Waals surface area contributed by atoms with E-state index < -0.39 is 0 Å². The van der Waals surface area contributed by atoms with Crippen molar-refractivity contribution in [2.24, 2.45) is 0 Å². The number of aryl methyl sites for hydroxylation is 2. The van der Waals surface area contributed by atoms with Crippen LogP contribution in [0, 0.1) is 13.8 Å². The molecule has 0 unspecified atom stereocenters. The van der Waals surface area contributed by atoms with Crippen molar-refractivity contribution in [2.45, 2.75) is 52.5 Å². The van der Waals surface area contributed by atoms with Crippen LogP contribution in [0.3, 0.4) is 0 Å². The Morgan fingerprint density at radius 2 is 1.69 bits per heavy atom. The molecular formula is C27H37N3O2. The standard InChI is InChI=1S/C27H37N3O2/c1-19-15-22-21(3)17-27(4,5)30(24(22)16-20(19)2)26(31)18-28-11-13-29(14-12-28)23-9-7-8-10-25(23)32-6/h7-10,15-16,21H,11-14,17-18H2,1-6H3/t21-/m0/s1. The molecular weight excluding hydrogens is 398 g/mol. The first-order chi connectivity index (χ1) is 15.2. The second-order valence-electron chi connectivity index (χ2n) is 10.1. The monoisotopic (exact) mass is 435 g/mol. The first-order valence-corrected chi connectivity index (χ1v) is 11.8. The fourth-order valence-electron chi connectivity index (χ4n) is 5.46. The van der Waals surface area contributed by atoms with E-state index in [1.807, 2.05) is 18.2 Å². The van der Waals surface area contributed by atoms with Crippen LogP contribution < -0.4 is 14.5 Å². The van der Waals surface area contributed by atoms with Gasteiger partial charge in [0.2, 0.25) is 5.91 Å². The Labute approximate surface area is 193 Å². The third kappa shape index (κ3) is 4.23. The molecule has 5 heteroatoms. The number of carbonyl (C=O) groups is 1. The fraction of sp³-hybridized carbons (Fsp3) is 0.519. The van der Waals surface area contributed by atoms with Gasteiger partial charge in [0.05, 0.1) is 19.3 Å². The number of amides is 1. The molecule has 0 spiro atoms. The molecule has 2 aromatic carbocycles. The number of rotatable bonds is 4. The number of benzene rings is 2. The van der Waals surface area contributed by atoms with Crippen LogP contribution in [0.15, 0.2) is 36.4 Å². The Balaban J connectivity index is 1.49. The molecule has 4 rings (SSSR count). The van der Waals surface area contributed by atoms with Crippen LogP contribution in [-0.2, 0) is 4.79 Å². The molecule has 1 amide bonds. The highest BCUT2D eigenvalue weighted by atomic mass is 16.5. The van der Waals surface area contributed by atoms with Gasteiger partial charge in [-0.1, -0.05) is 25.1 Å². The van der Waals surface area contributed by atoms with Gasteiger partial charge in [0.15, 0.2) is 0 Å². The molecule has 0 aromatic heterocycles. The quantitative estimate of drug-likeness (QED) is 0.694. The first-order valence-electron chi connectivity index (χ1n) is 11.8. The van der Waals surface area contributed by atoms with Crippen molar-refractivity contribution in [3.05, 3.63) is 53.1 Å². The smallest absolute Gasteiger partial charge is 0.241 e. The number of carbonyl (C=O) groups excluding carboxylic acids is 1. The largest absolute Gasteiger partial charge is 0.495 e. The summed E-state index contributed by atoms with van der Waals surface area (Å²) in [6.07, 6.45) is 0.982. The van der Waals surface area contributed by atoms with Gasteiger partial charge >= 0.3 is 0 Å². The van der Waals surface area contributed by atoms with Crippen molar-refractivity contribution < 1.29 is 9.53 Å². The third-order valence-corrected chi connectivity index (χ3v) is 7.23. The zero-order chi connectivity index (χ0) is 23.0. The van der Waals surface area contributed by atoms with E-state index >= 15 is 0 Å². The molecule has 0 N–H and O–H groups in total. The topological polar surface area (TPSA) is 36.0 Å². The van der Waals surface area contributed by atoms with E-state index in [0.29, 0.717) is 12.5 Å². The first kappa shape index (κ1) is 22.7. The highest BCUT2D eigenvalue weighted by Gasteiger charge is 2.40. The molecule has 172 valence electrons. The lowest BCUT2D eigenvalue weighted by atomic mass is 9.79. The van der Waals surface area contributed by atoms with Gasteiger partial charge in [0.25, 0.3) is 0 Å². The minimum Gasteiger partial charge on any atom is -0.495 e. The maximum Gasteiger partial charge on any atom is 0.241 e. The van der Waals surface area contributed by atoms with Gasteiger partial charge in [0.1, 0.15) is 5.75 Å². The number of methoxy groups -OCH3 is 1. The van der Waals surface area contributed by atoms with Crippen molar-refractivity contribution in [2.75, 3.05) is 49.6 Å². The molecule has 2 aliphatic rings. The van der Waals surface area contributed by atoms with Crippen LogP contribution in [-0.4, -0.2) is 56.2 Å². The summed E-state index contributed by atoms with van der Waals surface area (Å²) in [4.78, 5) is 20.4. The van der Waals surface area contributed by atoms with Gasteiger partial charge in [-0.05, 0) is 74.9 Å². The van der Waals surface area contributed by atoms with Crippen LogP contribution >= 0.6 is 0 Å².